The molecular weight excluding hydrogens is 1750 g/mol. The number of nitrogens with zero attached hydrogens (tertiary/aromatic N) is 2. The molecular formula is C74H33F30N3O8P2S2. The van der Waals surface area contributed by atoms with Crippen LogP contribution in [-0.2, 0) is 69.5 Å². The predicted octanol–water partition coefficient (Wildman–Crippen LogP) is 27.9. The van der Waals surface area contributed by atoms with E-state index in [9.17, 15) is 16.8 Å². The highest BCUT2D eigenvalue weighted by Crippen LogP contribution is 2.74. The van der Waals surface area contributed by atoms with Gasteiger partial charge < -0.3 is 18.1 Å². The number of benzene rings is 12. The van der Waals surface area contributed by atoms with Crippen molar-refractivity contribution in [3.63, 3.8) is 0 Å². The summed E-state index contributed by atoms with van der Waals surface area (Å²) in [6, 6.07) is 12.8. The van der Waals surface area contributed by atoms with Crippen LogP contribution in [0.5, 0.6) is 23.0 Å². The Hall–Kier alpha value is -10.9. The van der Waals surface area contributed by atoms with E-state index >= 15 is 132 Å². The van der Waals surface area contributed by atoms with Gasteiger partial charge >= 0.3 is 95.8 Å². The summed E-state index contributed by atoms with van der Waals surface area (Å²) in [5.41, 5.74) is -50.9. The van der Waals surface area contributed by atoms with E-state index in [1.54, 1.807) is 0 Å². The first kappa shape index (κ1) is 84.6. The molecule has 12 aromatic rings. The second-order valence-electron chi connectivity index (χ2n) is 26.1. The number of hydrogen-bond donors (Lipinski definition) is 1. The molecule has 2 aliphatic rings. The maximum Gasteiger partial charge on any atom is 0.518 e. The fourth-order valence-electron chi connectivity index (χ4n) is 13.2. The van der Waals surface area contributed by atoms with Crippen LogP contribution < -0.4 is 22.6 Å². The highest BCUT2D eigenvalue weighted by molar-refractivity contribution is 7.97. The maximum atomic E-state index is 16.1. The lowest BCUT2D eigenvalue weighted by Gasteiger charge is -2.29. The summed E-state index contributed by atoms with van der Waals surface area (Å²) in [6.07, 6.45) is -47.9. The van der Waals surface area contributed by atoms with Crippen molar-refractivity contribution >= 4 is 78.5 Å². The highest BCUT2D eigenvalue weighted by atomic mass is 32.2. The van der Waals surface area contributed by atoms with Gasteiger partial charge in [-0.15, -0.1) is 9.01 Å². The van der Waals surface area contributed by atoms with E-state index in [1.807, 2.05) is 0 Å². The number of fused-ring (bicyclic) bond motifs is 14. The topological polar surface area (TPSA) is 142 Å². The first-order valence-electron chi connectivity index (χ1n) is 32.5. The third-order valence-corrected chi connectivity index (χ3v) is 26.5. The minimum Gasteiger partial charge on any atom is -0.417 e. The van der Waals surface area contributed by atoms with Gasteiger partial charge in [-0.3, -0.25) is 0 Å². The fourth-order valence-corrected chi connectivity index (χ4v) is 21.3. The Kier molecular flexibility index (Phi) is 19.8. The SMILES string of the molecule is O=S(=O)(N=P1(N=P2(NS(=O)(=O)C(F)(F)F)Oc3c(-c4cc(C(F)(F)F)cc(C(F)(F)F)c4)cc4ccccc4c3-c3c(c(-c4cc(C(F)(F)F)cc(C(F)(F)F)c4)cc4ccccc34)O2)Oc2c(-c3cc(C(F)(F)F)cc(C(F)(F)F)c3)cc3ccccc3c2-c2c(c(-c3cc(C(F)(F)F)cc(C(F)(F)F)c3)cc3ccccc23)O1)C(F)(F)F. The van der Waals surface area contributed by atoms with E-state index in [0.717, 1.165) is 97.1 Å². The second kappa shape index (κ2) is 27.8. The molecule has 1 N–H and O–H groups in total. The van der Waals surface area contributed by atoms with E-state index < -0.39 is 297 Å². The van der Waals surface area contributed by atoms with Gasteiger partial charge in [-0.05, 0) is 162 Å². The Morgan fingerprint density at radius 2 is 0.479 bits per heavy atom. The van der Waals surface area contributed by atoms with E-state index in [1.165, 1.54) is 0 Å². The van der Waals surface area contributed by atoms with Crippen LogP contribution in [0.25, 0.3) is 110 Å². The highest BCUT2D eigenvalue weighted by Gasteiger charge is 2.57. The third-order valence-electron chi connectivity index (χ3n) is 18.2. The quantitative estimate of drug-likeness (QED) is 0.117. The first-order chi connectivity index (χ1) is 54.6. The Morgan fingerprint density at radius 3 is 0.681 bits per heavy atom. The van der Waals surface area contributed by atoms with Gasteiger partial charge in [0.15, 0.2) is 0 Å². The molecule has 0 spiro atoms. The van der Waals surface area contributed by atoms with Crippen molar-refractivity contribution in [2.75, 3.05) is 0 Å². The van der Waals surface area contributed by atoms with E-state index in [-0.39, 0.29) is 48.5 Å². The molecule has 624 valence electrons. The summed E-state index contributed by atoms with van der Waals surface area (Å²) in [5, 5.41) is -5.28. The minimum absolute atomic E-state index is 0.207. The van der Waals surface area contributed by atoms with Gasteiger partial charge in [0.2, 0.25) is 0 Å². The van der Waals surface area contributed by atoms with E-state index in [0.29, 0.717) is 28.8 Å². The molecule has 0 saturated carbocycles. The predicted molar refractivity (Wildman–Crippen MR) is 370 cm³/mol. The van der Waals surface area contributed by atoms with Gasteiger partial charge in [-0.2, -0.15) is 140 Å². The Morgan fingerprint density at radius 1 is 0.269 bits per heavy atom. The summed E-state index contributed by atoms with van der Waals surface area (Å²) in [7, 11) is -32.4. The van der Waals surface area contributed by atoms with Gasteiger partial charge in [0, 0.05) is 44.5 Å². The largest absolute Gasteiger partial charge is 0.518 e. The number of halogens is 30. The van der Waals surface area contributed by atoms with Crippen LogP contribution in [-0.4, -0.2) is 27.9 Å². The molecule has 12 aromatic carbocycles. The normalized spacial score (nSPS) is 15.0. The number of rotatable bonds is 8. The average Bonchev–Trinajstić information content (AvgIpc) is 1.58. The molecule has 0 aliphatic carbocycles. The Bertz CT molecular complexity index is 6180. The monoisotopic (exact) mass is 1790 g/mol. The molecule has 0 fully saturated rings. The molecule has 0 bridgehead atoms. The van der Waals surface area contributed by atoms with Gasteiger partial charge in [-0.1, -0.05) is 101 Å². The van der Waals surface area contributed by atoms with Crippen molar-refractivity contribution in [3.8, 4) is 89.8 Å². The summed E-state index contributed by atoms with van der Waals surface area (Å²) in [5.74, 6) is -7.60. The van der Waals surface area contributed by atoms with Crippen LogP contribution in [0, 0.1) is 0 Å². The second-order valence-corrected chi connectivity index (χ2v) is 33.8. The van der Waals surface area contributed by atoms with Gasteiger partial charge in [0.05, 0.1) is 44.5 Å². The fraction of sp³-hybridized carbons (Fsp3) is 0.135. The maximum absolute atomic E-state index is 16.1. The van der Waals surface area contributed by atoms with Gasteiger partial charge in [0.25, 0.3) is 0 Å². The van der Waals surface area contributed by atoms with Crippen molar-refractivity contribution in [1.82, 2.24) is 4.49 Å². The van der Waals surface area contributed by atoms with Crippen LogP contribution in [0.2, 0.25) is 0 Å². The lowest BCUT2D eigenvalue weighted by molar-refractivity contribution is -0.144. The standard InChI is InChI=1S/C74H33F30N3O8P2S2/c75-65(76,77)41-17-37(18-42(29-41)66(78,79)80)53-25-33-9-1-5-13-49(33)57-58-50-14-6-2-10-34(50)26-54(38-19-43(67(81,82)83)30-44(20-38)68(84,85)86)62(58)113-116(112-61(53)57,106-118(108,109)73(99,100)101)105-117(107-119(110,111)74(102,103)104)114-63-55(39-21-45(69(87,88)89)31-46(22-39)70(90,91)92)27-35-11-3-7-15-51(35)59(63)60-52-16-8-4-12-36(52)28-56(64(60)115-117)40-23-47(71(93,94)95)32-48(24-40)72(96,97)98/h1-32,106H. The van der Waals surface area contributed by atoms with Crippen molar-refractivity contribution in [2.24, 2.45) is 8.67 Å². The first-order valence-corrected chi connectivity index (χ1v) is 38.6. The van der Waals surface area contributed by atoms with Crippen LogP contribution in [0.15, 0.2) is 203 Å². The van der Waals surface area contributed by atoms with E-state index in [4.69, 9.17) is 18.1 Å². The number of hydrogen-bond acceptors (Lipinski definition) is 8. The zero-order valence-electron chi connectivity index (χ0n) is 57.2. The van der Waals surface area contributed by atoms with Crippen molar-refractivity contribution in [1.29, 1.82) is 0 Å². The molecule has 14 rings (SSSR count). The molecule has 0 aromatic heterocycles. The van der Waals surface area contributed by atoms with Gasteiger partial charge in [0.1, 0.15) is 23.0 Å². The lowest BCUT2D eigenvalue weighted by atomic mass is 9.85. The van der Waals surface area contributed by atoms with Crippen molar-refractivity contribution < 1.29 is 167 Å². The Labute approximate surface area is 644 Å². The molecule has 2 heterocycles. The summed E-state index contributed by atoms with van der Waals surface area (Å²) in [4.78, 5) is 0. The summed E-state index contributed by atoms with van der Waals surface area (Å²) >= 11 is 0. The Balaban J connectivity index is 1.31. The lowest BCUT2D eigenvalue weighted by Crippen LogP contribution is -2.37. The zero-order valence-corrected chi connectivity index (χ0v) is 60.6. The molecule has 45 heteroatoms. The average molecular weight is 1790 g/mol. The minimum atomic E-state index is -8.22. The summed E-state index contributed by atoms with van der Waals surface area (Å²) in [6.45, 7) is 0. The molecule has 0 saturated heterocycles. The smallest absolute Gasteiger partial charge is 0.417 e. The molecule has 2 aliphatic heterocycles. The summed E-state index contributed by atoms with van der Waals surface area (Å²) < 4.78 is 555. The number of nitrogens with one attached hydrogen (secondary N) is 1. The molecule has 0 atom stereocenters. The zero-order chi connectivity index (χ0) is 87.1. The van der Waals surface area contributed by atoms with E-state index in [2.05, 4.69) is 8.67 Å². The van der Waals surface area contributed by atoms with Crippen LogP contribution in [0.1, 0.15) is 44.5 Å². The number of sulfonamides is 2. The third kappa shape index (κ3) is 15.9. The molecule has 11 nitrogen and oxygen atoms in total. The molecule has 0 radical (unpaired) electrons. The van der Waals surface area contributed by atoms with Crippen LogP contribution in [0.4, 0.5) is 132 Å². The molecule has 0 amide bonds. The molecule has 119 heavy (non-hydrogen) atoms. The van der Waals surface area contributed by atoms with Crippen molar-refractivity contribution in [3.05, 3.63) is 239 Å². The van der Waals surface area contributed by atoms with Crippen LogP contribution >= 0.6 is 15.3 Å². The van der Waals surface area contributed by atoms with Crippen LogP contribution in [0.3, 0.4) is 0 Å². The van der Waals surface area contributed by atoms with Gasteiger partial charge in [-0.25, -0.2) is 8.42 Å². The molecule has 0 unspecified atom stereocenters. The van der Waals surface area contributed by atoms with Crippen molar-refractivity contribution in [2.45, 2.75) is 60.4 Å². The number of alkyl halides is 30.